The lowest BCUT2D eigenvalue weighted by molar-refractivity contribution is 0.591. The molecular formula is C22H16N4O3S3. The van der Waals surface area contributed by atoms with Gasteiger partial charge in [-0.15, -0.1) is 11.3 Å². The number of anilines is 1. The molecule has 1 aliphatic rings. The van der Waals surface area contributed by atoms with Gasteiger partial charge in [0.15, 0.2) is 0 Å². The highest BCUT2D eigenvalue weighted by Gasteiger charge is 2.32. The van der Waals surface area contributed by atoms with Crippen molar-refractivity contribution in [1.29, 1.82) is 5.26 Å². The van der Waals surface area contributed by atoms with Crippen molar-refractivity contribution in [1.82, 2.24) is 9.97 Å². The maximum atomic E-state index is 13.6. The van der Waals surface area contributed by atoms with E-state index in [1.54, 1.807) is 54.7 Å². The highest BCUT2D eigenvalue weighted by Crippen LogP contribution is 2.37. The van der Waals surface area contributed by atoms with E-state index in [0.717, 1.165) is 26.4 Å². The Kier molecular flexibility index (Phi) is 5.04. The minimum absolute atomic E-state index is 0.122. The third kappa shape index (κ3) is 3.48. The summed E-state index contributed by atoms with van der Waals surface area (Å²) in [4.78, 5) is 9.15. The van der Waals surface area contributed by atoms with Crippen molar-refractivity contribution in [3.63, 3.8) is 0 Å². The number of nitriles is 1. The van der Waals surface area contributed by atoms with Crippen LogP contribution in [0.1, 0.15) is 10.7 Å². The molecule has 0 N–H and O–H groups in total. The van der Waals surface area contributed by atoms with Crippen molar-refractivity contribution < 1.29 is 12.6 Å². The standard InChI is InChI=1S/C22H16N4O3S3/c1-14-25-19-6-5-18(11-21(19)30-14)32(28,29)26-8-9-31(27)22-7-3-15(10-20(22)26)16-2-4-17(12-23)24-13-16/h2-7,10-11,13H,8-9H2,1H3. The Labute approximate surface area is 191 Å². The van der Waals surface area contributed by atoms with Gasteiger partial charge in [0.05, 0.1) is 41.5 Å². The second-order valence-electron chi connectivity index (χ2n) is 7.22. The van der Waals surface area contributed by atoms with Gasteiger partial charge >= 0.3 is 0 Å². The van der Waals surface area contributed by atoms with E-state index in [0.29, 0.717) is 16.3 Å². The molecule has 7 nitrogen and oxygen atoms in total. The van der Waals surface area contributed by atoms with Crippen LogP contribution in [0.25, 0.3) is 21.3 Å². The summed E-state index contributed by atoms with van der Waals surface area (Å²) in [7, 11) is -5.16. The molecule has 0 radical (unpaired) electrons. The van der Waals surface area contributed by atoms with E-state index in [1.165, 1.54) is 15.6 Å². The number of nitrogens with zero attached hydrogens (tertiary/aromatic N) is 4. The number of fused-ring (bicyclic) bond motifs is 2. The van der Waals surface area contributed by atoms with Crippen LogP contribution in [0.3, 0.4) is 0 Å². The van der Waals surface area contributed by atoms with Crippen LogP contribution in [0.5, 0.6) is 0 Å². The van der Waals surface area contributed by atoms with Crippen molar-refractivity contribution >= 4 is 48.1 Å². The number of benzene rings is 2. The molecule has 0 fully saturated rings. The molecule has 2 aromatic heterocycles. The van der Waals surface area contributed by atoms with Crippen LogP contribution < -0.4 is 4.31 Å². The first-order valence-electron chi connectivity index (χ1n) is 9.66. The first kappa shape index (κ1) is 20.8. The number of sulfonamides is 1. The molecule has 0 aliphatic carbocycles. The fourth-order valence-corrected chi connectivity index (χ4v) is 7.48. The fourth-order valence-electron chi connectivity index (χ4n) is 3.67. The zero-order valence-corrected chi connectivity index (χ0v) is 19.3. The summed E-state index contributed by atoms with van der Waals surface area (Å²) in [6.45, 7) is 2.01. The Morgan fingerprint density at radius 3 is 2.69 bits per heavy atom. The summed E-state index contributed by atoms with van der Waals surface area (Å²) < 4.78 is 42.0. The van der Waals surface area contributed by atoms with Gasteiger partial charge in [-0.05, 0) is 55.0 Å². The average Bonchev–Trinajstić information content (AvgIpc) is 3.18. The van der Waals surface area contributed by atoms with Gasteiger partial charge in [0, 0.05) is 24.1 Å². The van der Waals surface area contributed by atoms with E-state index >= 15 is 0 Å². The number of hydrogen-bond donors (Lipinski definition) is 0. The molecule has 0 spiro atoms. The largest absolute Gasteiger partial charge is 0.264 e. The fraction of sp³-hybridized carbons (Fsp3) is 0.136. The first-order chi connectivity index (χ1) is 15.4. The van der Waals surface area contributed by atoms with E-state index in [4.69, 9.17) is 5.26 Å². The Morgan fingerprint density at radius 1 is 1.12 bits per heavy atom. The normalized spacial score (nSPS) is 16.0. The molecule has 32 heavy (non-hydrogen) atoms. The van der Waals surface area contributed by atoms with Crippen molar-refractivity contribution in [3.05, 3.63) is 65.4 Å². The van der Waals surface area contributed by atoms with E-state index in [2.05, 4.69) is 9.97 Å². The minimum Gasteiger partial charge on any atom is -0.264 e. The molecule has 3 heterocycles. The lowest BCUT2D eigenvalue weighted by Crippen LogP contribution is -2.38. The maximum Gasteiger partial charge on any atom is 0.264 e. The summed E-state index contributed by atoms with van der Waals surface area (Å²) in [6.07, 6.45) is 1.57. The van der Waals surface area contributed by atoms with Crippen LogP contribution in [0, 0.1) is 18.3 Å². The first-order valence-corrected chi connectivity index (χ1v) is 13.2. The second-order valence-corrected chi connectivity index (χ2v) is 11.9. The number of aromatic nitrogens is 2. The summed E-state index contributed by atoms with van der Waals surface area (Å²) in [6, 6.07) is 15.5. The van der Waals surface area contributed by atoms with Gasteiger partial charge in [-0.2, -0.15) is 5.26 Å². The minimum atomic E-state index is -3.87. The second kappa shape index (κ2) is 7.78. The number of thiazole rings is 1. The van der Waals surface area contributed by atoms with E-state index in [9.17, 15) is 12.6 Å². The van der Waals surface area contributed by atoms with Gasteiger partial charge in [-0.25, -0.2) is 18.4 Å². The smallest absolute Gasteiger partial charge is 0.264 e. The van der Waals surface area contributed by atoms with Crippen LogP contribution >= 0.6 is 11.3 Å². The van der Waals surface area contributed by atoms with Crippen LogP contribution in [0.2, 0.25) is 0 Å². The zero-order chi connectivity index (χ0) is 22.5. The molecule has 1 unspecified atom stereocenters. The van der Waals surface area contributed by atoms with Crippen LogP contribution in [0.15, 0.2) is 64.5 Å². The summed E-state index contributed by atoms with van der Waals surface area (Å²) in [5, 5.41) is 9.83. The molecule has 4 aromatic rings. The summed E-state index contributed by atoms with van der Waals surface area (Å²) >= 11 is 1.45. The van der Waals surface area contributed by atoms with Crippen molar-refractivity contribution in [2.24, 2.45) is 0 Å². The van der Waals surface area contributed by atoms with Crippen LogP contribution in [-0.4, -0.2) is 34.9 Å². The SMILES string of the molecule is Cc1nc2ccc(S(=O)(=O)N3CCS(=O)c4ccc(-c5ccc(C#N)nc5)cc43)cc2s1. The van der Waals surface area contributed by atoms with Gasteiger partial charge < -0.3 is 0 Å². The molecule has 0 amide bonds. The number of pyridine rings is 1. The average molecular weight is 481 g/mol. The van der Waals surface area contributed by atoms with Crippen molar-refractivity contribution in [2.45, 2.75) is 16.7 Å². The molecule has 0 saturated carbocycles. The van der Waals surface area contributed by atoms with Gasteiger partial charge in [0.1, 0.15) is 11.8 Å². The van der Waals surface area contributed by atoms with Gasteiger partial charge in [-0.1, -0.05) is 6.07 Å². The third-order valence-corrected chi connectivity index (χ3v) is 9.35. The highest BCUT2D eigenvalue weighted by molar-refractivity contribution is 7.93. The van der Waals surface area contributed by atoms with E-state index < -0.39 is 20.8 Å². The Bertz CT molecular complexity index is 1540. The highest BCUT2D eigenvalue weighted by atomic mass is 32.2. The predicted octanol–water partition coefficient (Wildman–Crippen LogP) is 3.85. The molecule has 1 aliphatic heterocycles. The van der Waals surface area contributed by atoms with Gasteiger partial charge in [0.2, 0.25) is 0 Å². The Balaban J connectivity index is 1.61. The van der Waals surface area contributed by atoms with E-state index in [-0.39, 0.29) is 17.2 Å². The molecular weight excluding hydrogens is 464 g/mol. The lowest BCUT2D eigenvalue weighted by Gasteiger charge is -2.30. The van der Waals surface area contributed by atoms with E-state index in [1.807, 2.05) is 13.0 Å². The van der Waals surface area contributed by atoms with Gasteiger partial charge in [-0.3, -0.25) is 8.51 Å². The maximum absolute atomic E-state index is 13.6. The summed E-state index contributed by atoms with van der Waals surface area (Å²) in [5.74, 6) is 0.228. The molecule has 160 valence electrons. The number of aryl methyl sites for hydroxylation is 1. The van der Waals surface area contributed by atoms with Crippen LogP contribution in [0.4, 0.5) is 5.69 Å². The van der Waals surface area contributed by atoms with Crippen LogP contribution in [-0.2, 0) is 20.8 Å². The molecule has 0 bridgehead atoms. The molecule has 10 heteroatoms. The molecule has 2 aromatic carbocycles. The quantitative estimate of drug-likeness (QED) is 0.441. The Morgan fingerprint density at radius 2 is 1.94 bits per heavy atom. The molecule has 5 rings (SSSR count). The zero-order valence-electron chi connectivity index (χ0n) is 16.8. The van der Waals surface area contributed by atoms with Gasteiger partial charge in [0.25, 0.3) is 10.0 Å². The summed E-state index contributed by atoms with van der Waals surface area (Å²) in [5.41, 5.74) is 2.93. The van der Waals surface area contributed by atoms with Crippen molar-refractivity contribution in [2.75, 3.05) is 16.6 Å². The number of hydrogen-bond acceptors (Lipinski definition) is 7. The monoisotopic (exact) mass is 480 g/mol. The molecule has 0 saturated heterocycles. The topological polar surface area (TPSA) is 104 Å². The predicted molar refractivity (Wildman–Crippen MR) is 125 cm³/mol. The molecule has 1 atom stereocenters. The number of rotatable bonds is 3. The third-order valence-electron chi connectivity index (χ3n) is 5.22. The Hall–Kier alpha value is -3.13. The lowest BCUT2D eigenvalue weighted by atomic mass is 10.1. The van der Waals surface area contributed by atoms with Crippen molar-refractivity contribution in [3.8, 4) is 17.2 Å².